The summed E-state index contributed by atoms with van der Waals surface area (Å²) in [5.74, 6) is 0. The second-order valence-corrected chi connectivity index (χ2v) is 14.2. The first-order valence-electron chi connectivity index (χ1n) is 18.3. The molecular formula is C52H33N. The maximum Gasteiger partial charge on any atom is 0.0465 e. The van der Waals surface area contributed by atoms with Crippen molar-refractivity contribution in [1.29, 1.82) is 0 Å². The van der Waals surface area contributed by atoms with Gasteiger partial charge in [-0.05, 0) is 124 Å². The number of nitrogens with one attached hydrogen (secondary N) is 1. The van der Waals surface area contributed by atoms with Crippen LogP contribution in [0, 0.1) is 0 Å². The maximum atomic E-state index is 3.66. The van der Waals surface area contributed by atoms with Crippen LogP contribution in [0.5, 0.6) is 0 Å². The lowest BCUT2D eigenvalue weighted by atomic mass is 9.92. The summed E-state index contributed by atoms with van der Waals surface area (Å²) in [7, 11) is 0. The Hall–Kier alpha value is -6.96. The van der Waals surface area contributed by atoms with E-state index >= 15 is 0 Å². The molecule has 11 rings (SSSR count). The number of H-pyrrole nitrogens is 1. The van der Waals surface area contributed by atoms with Crippen molar-refractivity contribution in [3.05, 3.63) is 194 Å². The van der Waals surface area contributed by atoms with Crippen LogP contribution in [0.4, 0.5) is 0 Å². The standard InChI is InChI=1S/C52H33N/c1-3-11-41-39(9-1)31-47(45-15-7-5-13-43(41)45)35-21-17-33(18-22-35)37-25-27-51-49(29-37)50-30-38(26-28-52(50)53-51)34-19-23-36(24-20-34)48-32-40-10-2-4-12-42(40)44-14-6-8-16-46(44)48/h1-32,53H. The normalized spacial score (nSPS) is 11.8. The number of hydrogen-bond acceptors (Lipinski definition) is 0. The van der Waals surface area contributed by atoms with E-state index in [9.17, 15) is 0 Å². The van der Waals surface area contributed by atoms with Gasteiger partial charge in [-0.2, -0.15) is 0 Å². The van der Waals surface area contributed by atoms with E-state index in [0.717, 1.165) is 11.0 Å². The summed E-state index contributed by atoms with van der Waals surface area (Å²) in [6.07, 6.45) is 0. The van der Waals surface area contributed by atoms with Gasteiger partial charge in [0.05, 0.1) is 0 Å². The minimum absolute atomic E-state index is 1.15. The van der Waals surface area contributed by atoms with Crippen LogP contribution in [0.1, 0.15) is 0 Å². The van der Waals surface area contributed by atoms with E-state index in [-0.39, 0.29) is 0 Å². The monoisotopic (exact) mass is 671 g/mol. The smallest absolute Gasteiger partial charge is 0.0465 e. The van der Waals surface area contributed by atoms with Crippen molar-refractivity contribution in [3.8, 4) is 44.5 Å². The molecule has 0 radical (unpaired) electrons. The molecule has 246 valence electrons. The van der Waals surface area contributed by atoms with Crippen molar-refractivity contribution in [1.82, 2.24) is 4.98 Å². The fourth-order valence-electron chi connectivity index (χ4n) is 8.53. The van der Waals surface area contributed by atoms with Crippen molar-refractivity contribution >= 4 is 64.9 Å². The van der Waals surface area contributed by atoms with Crippen molar-refractivity contribution in [2.45, 2.75) is 0 Å². The predicted molar refractivity (Wildman–Crippen MR) is 228 cm³/mol. The number of aromatic nitrogens is 1. The molecule has 11 aromatic rings. The topological polar surface area (TPSA) is 15.8 Å². The average molecular weight is 672 g/mol. The van der Waals surface area contributed by atoms with Gasteiger partial charge in [0.25, 0.3) is 0 Å². The first kappa shape index (κ1) is 29.7. The van der Waals surface area contributed by atoms with E-state index in [1.54, 1.807) is 0 Å². The van der Waals surface area contributed by atoms with Crippen molar-refractivity contribution < 1.29 is 0 Å². The molecule has 1 heterocycles. The molecule has 0 saturated heterocycles. The number of rotatable bonds is 4. The lowest BCUT2D eigenvalue weighted by Gasteiger charge is -2.12. The van der Waals surface area contributed by atoms with Gasteiger partial charge in [0.1, 0.15) is 0 Å². The molecule has 1 N–H and O–H groups in total. The van der Waals surface area contributed by atoms with Gasteiger partial charge >= 0.3 is 0 Å². The molecule has 10 aromatic carbocycles. The van der Waals surface area contributed by atoms with Gasteiger partial charge in [-0.1, -0.05) is 158 Å². The van der Waals surface area contributed by atoms with Crippen LogP contribution in [-0.4, -0.2) is 4.98 Å². The zero-order chi connectivity index (χ0) is 34.9. The third kappa shape index (κ3) is 4.86. The Labute approximate surface area is 307 Å². The summed E-state index contributed by atoms with van der Waals surface area (Å²) in [5, 5.41) is 12.8. The molecule has 1 heteroatoms. The quantitative estimate of drug-likeness (QED) is 0.179. The van der Waals surface area contributed by atoms with E-state index in [1.807, 2.05) is 0 Å². The Balaban J connectivity index is 0.945. The summed E-state index contributed by atoms with van der Waals surface area (Å²) in [5.41, 5.74) is 12.1. The Bertz CT molecular complexity index is 2980. The summed E-state index contributed by atoms with van der Waals surface area (Å²) in [4.78, 5) is 3.66. The summed E-state index contributed by atoms with van der Waals surface area (Å²) < 4.78 is 0. The fraction of sp³-hybridized carbons (Fsp3) is 0. The highest BCUT2D eigenvalue weighted by molar-refractivity contribution is 6.15. The van der Waals surface area contributed by atoms with Gasteiger partial charge in [-0.15, -0.1) is 0 Å². The highest BCUT2D eigenvalue weighted by Crippen LogP contribution is 2.39. The van der Waals surface area contributed by atoms with Crippen LogP contribution < -0.4 is 0 Å². The van der Waals surface area contributed by atoms with E-state index in [1.165, 1.54) is 98.4 Å². The van der Waals surface area contributed by atoms with Gasteiger partial charge < -0.3 is 4.98 Å². The number of hydrogen-bond donors (Lipinski definition) is 1. The zero-order valence-corrected chi connectivity index (χ0v) is 29.0. The minimum atomic E-state index is 1.15. The Morgan fingerprint density at radius 3 is 1.00 bits per heavy atom. The van der Waals surface area contributed by atoms with Crippen LogP contribution in [0.3, 0.4) is 0 Å². The fourth-order valence-corrected chi connectivity index (χ4v) is 8.53. The Kier molecular flexibility index (Phi) is 6.62. The summed E-state index contributed by atoms with van der Waals surface area (Å²) >= 11 is 0. The van der Waals surface area contributed by atoms with Crippen LogP contribution in [0.15, 0.2) is 194 Å². The van der Waals surface area contributed by atoms with Crippen molar-refractivity contribution in [2.24, 2.45) is 0 Å². The van der Waals surface area contributed by atoms with E-state index in [2.05, 4.69) is 199 Å². The SMILES string of the molecule is c1ccc2c(c1)cc(-c1ccc(-c3ccc4[nH]c5ccc(-c6ccc(-c7cc8ccccc8c8ccccc78)cc6)cc5c4c3)cc1)c1ccccc12. The molecule has 0 aliphatic carbocycles. The number of fused-ring (bicyclic) bond motifs is 9. The predicted octanol–water partition coefficient (Wildman–Crippen LogP) is 14.6. The molecule has 0 atom stereocenters. The van der Waals surface area contributed by atoms with E-state index in [4.69, 9.17) is 0 Å². The summed E-state index contributed by atoms with van der Waals surface area (Å²) in [6, 6.07) is 71.3. The molecule has 1 aromatic heterocycles. The van der Waals surface area contributed by atoms with Crippen molar-refractivity contribution in [3.63, 3.8) is 0 Å². The minimum Gasteiger partial charge on any atom is -0.355 e. The van der Waals surface area contributed by atoms with Gasteiger partial charge in [0.2, 0.25) is 0 Å². The first-order valence-corrected chi connectivity index (χ1v) is 18.3. The molecule has 0 spiro atoms. The highest BCUT2D eigenvalue weighted by atomic mass is 14.7. The summed E-state index contributed by atoms with van der Waals surface area (Å²) in [6.45, 7) is 0. The van der Waals surface area contributed by atoms with Crippen molar-refractivity contribution in [2.75, 3.05) is 0 Å². The first-order chi connectivity index (χ1) is 26.2. The Morgan fingerprint density at radius 1 is 0.226 bits per heavy atom. The molecule has 0 aliphatic rings. The molecule has 0 unspecified atom stereocenters. The van der Waals surface area contributed by atoms with Crippen LogP contribution >= 0.6 is 0 Å². The third-order valence-corrected chi connectivity index (χ3v) is 11.2. The van der Waals surface area contributed by atoms with E-state index < -0.39 is 0 Å². The molecular weight excluding hydrogens is 639 g/mol. The van der Waals surface area contributed by atoms with Crippen LogP contribution in [-0.2, 0) is 0 Å². The van der Waals surface area contributed by atoms with Gasteiger partial charge in [-0.25, -0.2) is 0 Å². The van der Waals surface area contributed by atoms with Gasteiger partial charge in [0.15, 0.2) is 0 Å². The van der Waals surface area contributed by atoms with Crippen LogP contribution in [0.2, 0.25) is 0 Å². The third-order valence-electron chi connectivity index (χ3n) is 11.2. The average Bonchev–Trinajstić information content (AvgIpc) is 3.60. The second kappa shape index (κ2) is 11.8. The lowest BCUT2D eigenvalue weighted by molar-refractivity contribution is 1.54. The molecule has 0 bridgehead atoms. The molecule has 0 amide bonds. The van der Waals surface area contributed by atoms with Gasteiger partial charge in [0, 0.05) is 21.8 Å². The molecule has 0 aliphatic heterocycles. The maximum absolute atomic E-state index is 3.66. The van der Waals surface area contributed by atoms with E-state index in [0.29, 0.717) is 0 Å². The molecule has 53 heavy (non-hydrogen) atoms. The molecule has 1 nitrogen and oxygen atoms in total. The van der Waals surface area contributed by atoms with Crippen LogP contribution in [0.25, 0.3) is 109 Å². The largest absolute Gasteiger partial charge is 0.355 e. The second-order valence-electron chi connectivity index (χ2n) is 14.2. The molecule has 0 saturated carbocycles. The number of aromatic amines is 1. The van der Waals surface area contributed by atoms with Gasteiger partial charge in [-0.3, -0.25) is 0 Å². The number of benzene rings is 10. The molecule has 0 fully saturated rings. The highest BCUT2D eigenvalue weighted by Gasteiger charge is 2.13. The Morgan fingerprint density at radius 2 is 0.566 bits per heavy atom. The lowest BCUT2D eigenvalue weighted by Crippen LogP contribution is -1.85. The zero-order valence-electron chi connectivity index (χ0n) is 29.0.